The first kappa shape index (κ1) is 62.0. The van der Waals surface area contributed by atoms with Crippen molar-refractivity contribution in [1.29, 1.82) is 0 Å². The van der Waals surface area contributed by atoms with Crippen LogP contribution in [-0.2, 0) is 76.3 Å². The Labute approximate surface area is 425 Å². The lowest BCUT2D eigenvalue weighted by Crippen LogP contribution is -2.70. The van der Waals surface area contributed by atoms with E-state index >= 15 is 0 Å². The van der Waals surface area contributed by atoms with Crippen LogP contribution in [0, 0.1) is 0 Å². The standard InChI is InChI=1S/C40H68N2O32S/c1-9-19(47)24(52)28(56)37(65-9)73-33-18(42-12(4)46)36(69-14(6-44)31(33)71-39-30(58)26(54)22(50)16(70-39)8-64-75(60,61)62)63-7-15-23(51)32(17(35(59)67-15)41-11(3)45)72-40-34(27(55)21(49)13(5-43)68-40)74-38-29(57)25(53)20(48)10(2)66-38/h9-10,13-40,43-44,47-59H,5-8H2,1-4H3,(H,41,45)(H,42,46)(H,60,61,62)/t9-,10-,13+,14+,15+,16+,17+,18+,19+,20+,21-,22-,23-,24+,25+,26-,27-,28-,29-,30+,31+,32+,33+,34+,35-,36+,37-,38-,39-,40-/m0/s1. The molecular weight excluding hydrogens is 1050 g/mol. The molecule has 35 heteroatoms. The highest BCUT2D eigenvalue weighted by Crippen LogP contribution is 2.37. The van der Waals surface area contributed by atoms with E-state index in [4.69, 9.17) is 56.7 Å². The summed E-state index contributed by atoms with van der Waals surface area (Å²) in [5.74, 6) is -1.70. The van der Waals surface area contributed by atoms with Crippen molar-refractivity contribution >= 4 is 22.2 Å². The van der Waals surface area contributed by atoms with Gasteiger partial charge in [-0.15, -0.1) is 0 Å². The molecule has 0 spiro atoms. The summed E-state index contributed by atoms with van der Waals surface area (Å²) in [5.41, 5.74) is 0. The number of hydrogen-bond acceptors (Lipinski definition) is 31. The second-order valence-electron chi connectivity index (χ2n) is 18.8. The van der Waals surface area contributed by atoms with Gasteiger partial charge in [0.15, 0.2) is 37.7 Å². The average molecular weight is 1120 g/mol. The fourth-order valence-corrected chi connectivity index (χ4v) is 9.53. The SMILES string of the molecule is CC(=O)N[C@@H]1[C@@H](O[C@@H]2O[C@H](CO)[C@H](O)[C@H](O)[C@H]2O[C@@H]2O[C@@H](C)[C@@H](O)[C@@H](O)[C@@H]2O)[C@@H](O)[C@@H](CO[C@@H]2O[C@H](CO)[C@@H](O[C@@H]3O[C@H](COS(=O)(=O)O)[C@H](O)[C@H](O)[C@H]3O)[C@H](O[C@@H]3O[C@@H](C)[C@@H](O)[C@@H](O)[C@@H]3O)[C@H]2NC(C)=O)O[C@@H]1O. The van der Waals surface area contributed by atoms with E-state index in [1.807, 2.05) is 0 Å². The van der Waals surface area contributed by atoms with Gasteiger partial charge in [-0.1, -0.05) is 0 Å². The molecule has 0 aliphatic carbocycles. The zero-order valence-electron chi connectivity index (χ0n) is 40.2. The van der Waals surface area contributed by atoms with Crippen molar-refractivity contribution in [2.24, 2.45) is 0 Å². The van der Waals surface area contributed by atoms with Gasteiger partial charge in [0.05, 0.1) is 38.6 Å². The van der Waals surface area contributed by atoms with Crippen molar-refractivity contribution in [2.75, 3.05) is 26.4 Å². The second-order valence-corrected chi connectivity index (χ2v) is 19.9. The normalized spacial score (nSPS) is 49.0. The van der Waals surface area contributed by atoms with Gasteiger partial charge in [-0.3, -0.25) is 14.1 Å². The van der Waals surface area contributed by atoms with E-state index in [1.165, 1.54) is 13.8 Å². The minimum Gasteiger partial charge on any atom is -0.394 e. The maximum atomic E-state index is 12.9. The third kappa shape index (κ3) is 14.2. The maximum absolute atomic E-state index is 12.9. The summed E-state index contributed by atoms with van der Waals surface area (Å²) in [6, 6.07) is -3.51. The Morgan fingerprint density at radius 1 is 0.440 bits per heavy atom. The Balaban J connectivity index is 1.30. The predicted octanol–water partition coefficient (Wildman–Crippen LogP) is -11.9. The molecule has 6 heterocycles. The number of carbonyl (C=O) groups excluding carboxylic acids is 2. The molecule has 0 bridgehead atoms. The van der Waals surface area contributed by atoms with Crippen LogP contribution in [0.25, 0.3) is 0 Å². The van der Waals surface area contributed by atoms with Gasteiger partial charge in [-0.25, -0.2) is 4.18 Å². The molecule has 0 unspecified atom stereocenters. The van der Waals surface area contributed by atoms with Crippen LogP contribution in [0.5, 0.6) is 0 Å². The van der Waals surface area contributed by atoms with Crippen molar-refractivity contribution in [2.45, 2.75) is 212 Å². The van der Waals surface area contributed by atoms with Gasteiger partial charge in [0.2, 0.25) is 11.8 Å². The molecule has 0 radical (unpaired) electrons. The van der Waals surface area contributed by atoms with Gasteiger partial charge in [-0.2, -0.15) is 8.42 Å². The number of rotatable bonds is 18. The molecule has 34 nitrogen and oxygen atoms in total. The van der Waals surface area contributed by atoms with Crippen LogP contribution < -0.4 is 10.6 Å². The van der Waals surface area contributed by atoms with Crippen molar-refractivity contribution in [3.63, 3.8) is 0 Å². The lowest BCUT2D eigenvalue weighted by Gasteiger charge is -2.50. The van der Waals surface area contributed by atoms with Crippen molar-refractivity contribution < 1.29 is 155 Å². The summed E-state index contributed by atoms with van der Waals surface area (Å²) < 4.78 is 100. The van der Waals surface area contributed by atoms with Crippen molar-refractivity contribution in [1.82, 2.24) is 10.6 Å². The Morgan fingerprint density at radius 2 is 0.867 bits per heavy atom. The molecule has 6 fully saturated rings. The molecule has 2 amide bonds. The number of aliphatic hydroxyl groups excluding tert-OH is 15. The number of nitrogens with one attached hydrogen (secondary N) is 2. The van der Waals surface area contributed by atoms with Gasteiger partial charge in [0, 0.05) is 13.8 Å². The van der Waals surface area contributed by atoms with E-state index in [0.29, 0.717) is 0 Å². The van der Waals surface area contributed by atoms with Gasteiger partial charge >= 0.3 is 10.4 Å². The smallest absolute Gasteiger partial charge is 0.394 e. The van der Waals surface area contributed by atoms with E-state index in [0.717, 1.165) is 13.8 Å². The Bertz CT molecular complexity index is 1970. The van der Waals surface area contributed by atoms with Crippen LogP contribution in [0.2, 0.25) is 0 Å². The molecule has 6 saturated heterocycles. The molecule has 6 aliphatic heterocycles. The van der Waals surface area contributed by atoms with E-state index in [-0.39, 0.29) is 0 Å². The molecule has 0 aromatic heterocycles. The quantitative estimate of drug-likeness (QED) is 0.0567. The van der Waals surface area contributed by atoms with Gasteiger partial charge in [-0.05, 0) is 13.8 Å². The number of carbonyl (C=O) groups is 2. The summed E-state index contributed by atoms with van der Waals surface area (Å²) >= 11 is 0. The monoisotopic (exact) mass is 1120 g/mol. The molecule has 18 N–H and O–H groups in total. The van der Waals surface area contributed by atoms with Crippen LogP contribution in [0.1, 0.15) is 27.7 Å². The molecule has 436 valence electrons. The minimum atomic E-state index is -5.16. The van der Waals surface area contributed by atoms with E-state index in [1.54, 1.807) is 0 Å². The topological polar surface area (TPSA) is 527 Å². The van der Waals surface area contributed by atoms with E-state index in [2.05, 4.69) is 14.8 Å². The number of hydrogen-bond donors (Lipinski definition) is 18. The maximum Gasteiger partial charge on any atom is 0.397 e. The third-order valence-electron chi connectivity index (χ3n) is 13.3. The van der Waals surface area contributed by atoms with Crippen LogP contribution in [0.15, 0.2) is 0 Å². The van der Waals surface area contributed by atoms with Gasteiger partial charge in [0.1, 0.15) is 134 Å². The van der Waals surface area contributed by atoms with Crippen LogP contribution in [0.3, 0.4) is 0 Å². The summed E-state index contributed by atoms with van der Waals surface area (Å²) in [5, 5.41) is 167. The highest BCUT2D eigenvalue weighted by molar-refractivity contribution is 7.80. The molecule has 0 aromatic rings. The lowest BCUT2D eigenvalue weighted by atomic mass is 9.94. The summed E-state index contributed by atoms with van der Waals surface area (Å²) in [6.45, 7) is 0.456. The molecule has 30 atom stereocenters. The largest absolute Gasteiger partial charge is 0.397 e. The fourth-order valence-electron chi connectivity index (χ4n) is 9.22. The molecule has 75 heavy (non-hydrogen) atoms. The average Bonchev–Trinajstić information content (AvgIpc) is 3.34. The summed E-state index contributed by atoms with van der Waals surface area (Å²) in [7, 11) is -5.16. The number of aliphatic hydroxyl groups is 15. The predicted molar refractivity (Wildman–Crippen MR) is 230 cm³/mol. The van der Waals surface area contributed by atoms with E-state index in [9.17, 15) is 94.6 Å². The first-order valence-electron chi connectivity index (χ1n) is 23.5. The Kier molecular flexibility index (Phi) is 21.4. The highest BCUT2D eigenvalue weighted by Gasteiger charge is 2.57. The number of ether oxygens (including phenoxy) is 11. The Hall–Kier alpha value is -2.23. The second kappa shape index (κ2) is 25.9. The van der Waals surface area contributed by atoms with Crippen LogP contribution in [0.4, 0.5) is 0 Å². The molecule has 0 aromatic carbocycles. The third-order valence-corrected chi connectivity index (χ3v) is 13.8. The lowest BCUT2D eigenvalue weighted by molar-refractivity contribution is -0.383. The van der Waals surface area contributed by atoms with Crippen molar-refractivity contribution in [3.05, 3.63) is 0 Å². The Morgan fingerprint density at radius 3 is 1.39 bits per heavy atom. The zero-order valence-corrected chi connectivity index (χ0v) is 41.1. The van der Waals surface area contributed by atoms with Gasteiger partial charge < -0.3 is 139 Å². The summed E-state index contributed by atoms with van der Waals surface area (Å²) in [6.07, 6.45) is -52.9. The minimum absolute atomic E-state index is 0.826. The van der Waals surface area contributed by atoms with E-state index < -0.39 is 233 Å². The molecule has 6 rings (SSSR count). The summed E-state index contributed by atoms with van der Waals surface area (Å²) in [4.78, 5) is 25.4. The molecule has 6 aliphatic rings. The van der Waals surface area contributed by atoms with Gasteiger partial charge in [0.25, 0.3) is 0 Å². The first-order valence-corrected chi connectivity index (χ1v) is 24.8. The zero-order chi connectivity index (χ0) is 55.7. The van der Waals surface area contributed by atoms with Crippen molar-refractivity contribution in [3.8, 4) is 0 Å². The highest BCUT2D eigenvalue weighted by atomic mass is 32.3. The number of amides is 2. The fraction of sp³-hybridized carbons (Fsp3) is 0.950. The van der Waals surface area contributed by atoms with Crippen LogP contribution >= 0.6 is 0 Å². The first-order chi connectivity index (χ1) is 35.1. The molecular formula is C40H68N2O32S. The van der Waals surface area contributed by atoms with Crippen LogP contribution in [-0.4, -0.2) is 312 Å². The molecule has 0 saturated carbocycles.